The molecule has 2 aromatic carbocycles. The predicted octanol–water partition coefficient (Wildman–Crippen LogP) is 4.91. The maximum atomic E-state index is 14.1. The lowest BCUT2D eigenvalue weighted by Crippen LogP contribution is -2.38. The van der Waals surface area contributed by atoms with Crippen molar-refractivity contribution < 1.29 is 32.2 Å². The van der Waals surface area contributed by atoms with Gasteiger partial charge in [0.25, 0.3) is 0 Å². The van der Waals surface area contributed by atoms with Gasteiger partial charge >= 0.3 is 6.18 Å². The van der Waals surface area contributed by atoms with E-state index >= 15 is 0 Å². The smallest absolute Gasteiger partial charge is 0.431 e. The average molecular weight is 479 g/mol. The van der Waals surface area contributed by atoms with Gasteiger partial charge in [-0.1, -0.05) is 6.92 Å². The van der Waals surface area contributed by atoms with Crippen LogP contribution in [0.1, 0.15) is 26.2 Å². The molecule has 2 aliphatic heterocycles. The van der Waals surface area contributed by atoms with Gasteiger partial charge in [-0.05, 0) is 36.4 Å². The van der Waals surface area contributed by atoms with E-state index in [1.807, 2.05) is 4.90 Å². The zero-order valence-corrected chi connectivity index (χ0v) is 18.5. The molecule has 1 saturated heterocycles. The molecule has 0 radical (unpaired) electrons. The summed E-state index contributed by atoms with van der Waals surface area (Å²) in [6, 6.07) is 9.82. The number of aldehydes is 1. The molecule has 1 N–H and O–H groups in total. The van der Waals surface area contributed by atoms with Gasteiger partial charge in [0.05, 0.1) is 17.4 Å². The topological polar surface area (TPSA) is 65.4 Å². The molecule has 2 heterocycles. The van der Waals surface area contributed by atoms with Crippen LogP contribution in [-0.4, -0.2) is 48.5 Å². The number of anilines is 2. The minimum atomic E-state index is -4.56. The van der Waals surface area contributed by atoms with E-state index in [0.717, 1.165) is 0 Å². The molecule has 6 nitrogen and oxygen atoms in total. The third-order valence-corrected chi connectivity index (χ3v) is 6.28. The zero-order chi connectivity index (χ0) is 24.5. The number of hydrazone groups is 1. The monoisotopic (exact) mass is 479 g/mol. The normalized spacial score (nSPS) is 21.5. The quantitative estimate of drug-likeness (QED) is 0.471. The van der Waals surface area contributed by atoms with Crippen molar-refractivity contribution in [2.75, 3.05) is 23.0 Å². The number of rotatable bonds is 6. The van der Waals surface area contributed by atoms with Crippen molar-refractivity contribution in [1.82, 2.24) is 0 Å². The molecule has 0 aromatic heterocycles. The van der Waals surface area contributed by atoms with Crippen molar-refractivity contribution in [2.45, 2.75) is 44.5 Å². The number of phenolic OH excluding ortho intramolecular Hbond substituents is 1. The second kappa shape index (κ2) is 9.52. The van der Waals surface area contributed by atoms with Gasteiger partial charge in [-0.25, -0.2) is 4.39 Å². The van der Waals surface area contributed by atoms with Crippen LogP contribution in [0.15, 0.2) is 47.6 Å². The van der Waals surface area contributed by atoms with E-state index in [1.165, 1.54) is 30.1 Å². The molecule has 0 aliphatic carbocycles. The third-order valence-electron chi connectivity index (χ3n) is 6.28. The summed E-state index contributed by atoms with van der Waals surface area (Å²) in [6.45, 7) is 2.53. The van der Waals surface area contributed by atoms with Crippen LogP contribution in [0.4, 0.5) is 28.9 Å². The van der Waals surface area contributed by atoms with Gasteiger partial charge < -0.3 is 19.5 Å². The first-order chi connectivity index (χ1) is 16.2. The summed E-state index contributed by atoms with van der Waals surface area (Å²) in [5.41, 5.74) is -0.0969. The maximum absolute atomic E-state index is 14.1. The SMILES string of the molecule is CC1C(C(F)(F)F)=NN(c2ccc(OC3CCN(c4cc(O)ccc4F)CC3)cc2)[C@H]1CC=O. The Kier molecular flexibility index (Phi) is 6.67. The van der Waals surface area contributed by atoms with Gasteiger partial charge in [0.15, 0.2) is 0 Å². The van der Waals surface area contributed by atoms with E-state index in [9.17, 15) is 27.5 Å². The van der Waals surface area contributed by atoms with Crippen LogP contribution >= 0.6 is 0 Å². The first kappa shape index (κ1) is 23.8. The van der Waals surface area contributed by atoms with Crippen molar-refractivity contribution in [3.05, 3.63) is 48.3 Å². The van der Waals surface area contributed by atoms with E-state index < -0.39 is 29.7 Å². The minimum absolute atomic E-state index is 0.00401. The first-order valence-electron chi connectivity index (χ1n) is 11.1. The number of carbonyl (C=O) groups is 1. The van der Waals surface area contributed by atoms with Gasteiger partial charge in [-0.2, -0.15) is 18.3 Å². The Morgan fingerprint density at radius 3 is 2.44 bits per heavy atom. The van der Waals surface area contributed by atoms with Gasteiger partial charge in [0.1, 0.15) is 35.4 Å². The lowest BCUT2D eigenvalue weighted by atomic mass is 9.95. The van der Waals surface area contributed by atoms with E-state index in [0.29, 0.717) is 49.3 Å². The number of aromatic hydroxyl groups is 1. The van der Waals surface area contributed by atoms with Gasteiger partial charge in [0, 0.05) is 44.3 Å². The molecule has 1 fully saturated rings. The lowest BCUT2D eigenvalue weighted by molar-refractivity contribution is -0.108. The van der Waals surface area contributed by atoms with Crippen LogP contribution in [0.3, 0.4) is 0 Å². The summed E-state index contributed by atoms with van der Waals surface area (Å²) >= 11 is 0. The van der Waals surface area contributed by atoms with Crippen LogP contribution in [0.5, 0.6) is 11.5 Å². The molecule has 10 heteroatoms. The number of ether oxygens (including phenoxy) is 1. The highest BCUT2D eigenvalue weighted by atomic mass is 19.4. The summed E-state index contributed by atoms with van der Waals surface area (Å²) in [6.07, 6.45) is -2.85. The Balaban J connectivity index is 1.40. The molecule has 182 valence electrons. The standard InChI is InChI=1S/C24H25F4N3O3/c1-15-21(10-13-32)31(29-23(15)24(26,27)28)16-2-5-18(6-3-16)34-19-8-11-30(12-9-19)22-14-17(33)4-7-20(22)25/h2-7,13-15,19,21,33H,8-12H2,1H3/t15?,21-/m0/s1. The summed E-state index contributed by atoms with van der Waals surface area (Å²) in [5.74, 6) is -0.759. The Morgan fingerprint density at radius 2 is 1.82 bits per heavy atom. The number of carbonyl (C=O) groups excluding carboxylic acids is 1. The number of alkyl halides is 3. The third kappa shape index (κ3) is 4.95. The number of hydrogen-bond acceptors (Lipinski definition) is 6. The molecule has 2 aromatic rings. The largest absolute Gasteiger partial charge is 0.508 e. The fourth-order valence-corrected chi connectivity index (χ4v) is 4.47. The second-order valence-electron chi connectivity index (χ2n) is 8.52. The highest BCUT2D eigenvalue weighted by Gasteiger charge is 2.48. The van der Waals surface area contributed by atoms with Crippen molar-refractivity contribution >= 4 is 23.4 Å². The fourth-order valence-electron chi connectivity index (χ4n) is 4.47. The number of benzene rings is 2. The van der Waals surface area contributed by atoms with Gasteiger partial charge in [-0.3, -0.25) is 5.01 Å². The number of hydrogen-bond donors (Lipinski definition) is 1. The highest BCUT2D eigenvalue weighted by Crippen LogP contribution is 2.36. The molecule has 0 amide bonds. The van der Waals surface area contributed by atoms with Crippen LogP contribution in [-0.2, 0) is 4.79 Å². The second-order valence-corrected chi connectivity index (χ2v) is 8.52. The molecule has 2 aliphatic rings. The molecule has 0 spiro atoms. The van der Waals surface area contributed by atoms with E-state index in [4.69, 9.17) is 4.74 Å². The summed E-state index contributed by atoms with van der Waals surface area (Å²) in [7, 11) is 0. The molecular weight excluding hydrogens is 454 g/mol. The zero-order valence-electron chi connectivity index (χ0n) is 18.5. The Hall–Kier alpha value is -3.30. The number of phenols is 1. The number of nitrogens with zero attached hydrogens (tertiary/aromatic N) is 3. The van der Waals surface area contributed by atoms with E-state index in [1.54, 1.807) is 24.3 Å². The first-order valence-corrected chi connectivity index (χ1v) is 11.1. The maximum Gasteiger partial charge on any atom is 0.431 e. The molecule has 2 atom stereocenters. The van der Waals surface area contributed by atoms with E-state index in [-0.39, 0.29) is 18.3 Å². The average Bonchev–Trinajstić information content (AvgIpc) is 3.13. The molecule has 4 rings (SSSR count). The van der Waals surface area contributed by atoms with E-state index in [2.05, 4.69) is 5.10 Å². The lowest BCUT2D eigenvalue weighted by Gasteiger charge is -2.34. The summed E-state index contributed by atoms with van der Waals surface area (Å²) < 4.78 is 60.0. The van der Waals surface area contributed by atoms with Crippen LogP contribution < -0.4 is 14.6 Å². The molecule has 1 unspecified atom stereocenters. The Labute approximate surface area is 194 Å². The van der Waals surface area contributed by atoms with Crippen LogP contribution in [0, 0.1) is 11.7 Å². The van der Waals surface area contributed by atoms with Crippen LogP contribution in [0.2, 0.25) is 0 Å². The van der Waals surface area contributed by atoms with Gasteiger partial charge in [0.2, 0.25) is 0 Å². The predicted molar refractivity (Wildman–Crippen MR) is 120 cm³/mol. The fraction of sp³-hybridized carbons (Fsp3) is 0.417. The summed E-state index contributed by atoms with van der Waals surface area (Å²) in [5, 5.41) is 14.7. The molecule has 34 heavy (non-hydrogen) atoms. The number of piperidine rings is 1. The number of halogens is 4. The molecule has 0 saturated carbocycles. The summed E-state index contributed by atoms with van der Waals surface area (Å²) in [4.78, 5) is 12.9. The highest BCUT2D eigenvalue weighted by molar-refractivity contribution is 5.95. The van der Waals surface area contributed by atoms with Gasteiger partial charge in [-0.15, -0.1) is 0 Å². The van der Waals surface area contributed by atoms with Crippen molar-refractivity contribution in [3.63, 3.8) is 0 Å². The Morgan fingerprint density at radius 1 is 1.15 bits per heavy atom. The van der Waals surface area contributed by atoms with Crippen molar-refractivity contribution in [2.24, 2.45) is 11.0 Å². The van der Waals surface area contributed by atoms with Crippen LogP contribution in [0.25, 0.3) is 0 Å². The minimum Gasteiger partial charge on any atom is -0.508 e. The molecule has 0 bridgehead atoms. The van der Waals surface area contributed by atoms with Crippen molar-refractivity contribution in [3.8, 4) is 11.5 Å². The molecular formula is C24H25F4N3O3. The van der Waals surface area contributed by atoms with Crippen molar-refractivity contribution in [1.29, 1.82) is 0 Å². The Bertz CT molecular complexity index is 1050.